The van der Waals surface area contributed by atoms with E-state index < -0.39 is 9.04 Å². The third-order valence-electron chi connectivity index (χ3n) is 2.10. The van der Waals surface area contributed by atoms with E-state index in [4.69, 9.17) is 4.53 Å². The van der Waals surface area contributed by atoms with Crippen molar-refractivity contribution in [1.29, 1.82) is 0 Å². The third kappa shape index (κ3) is 4.49. The van der Waals surface area contributed by atoms with Crippen LogP contribution in [0.25, 0.3) is 0 Å². The minimum absolute atomic E-state index is 0.992. The molecular formula is C12H21NOSi. The van der Waals surface area contributed by atoms with Crippen LogP contribution in [-0.4, -0.2) is 15.6 Å². The van der Waals surface area contributed by atoms with E-state index in [1.807, 2.05) is 6.07 Å². The minimum atomic E-state index is -1.01. The first kappa shape index (κ1) is 12.3. The Hall–Kier alpha value is -0.803. The second-order valence-electron chi connectivity index (χ2n) is 3.95. The van der Waals surface area contributed by atoms with E-state index in [9.17, 15) is 0 Å². The molecule has 3 heteroatoms. The first-order valence-electron chi connectivity index (χ1n) is 5.73. The summed E-state index contributed by atoms with van der Waals surface area (Å²) in [6.45, 7) is 7.59. The highest BCUT2D eigenvalue weighted by molar-refractivity contribution is 6.48. The van der Waals surface area contributed by atoms with Crippen LogP contribution >= 0.6 is 0 Å². The molecule has 1 aromatic carbocycles. The van der Waals surface area contributed by atoms with Gasteiger partial charge in [-0.15, -0.1) is 0 Å². The molecule has 1 rings (SSSR count). The molecule has 1 aromatic rings. The average Bonchev–Trinajstić information content (AvgIpc) is 2.25. The van der Waals surface area contributed by atoms with E-state index in [-0.39, 0.29) is 0 Å². The molecule has 0 bridgehead atoms. The summed E-state index contributed by atoms with van der Waals surface area (Å²) >= 11 is 0. The van der Waals surface area contributed by atoms with Gasteiger partial charge in [0.25, 0.3) is 0 Å². The predicted octanol–water partition coefficient (Wildman–Crippen LogP) is 3.21. The number of nitrogens with zero attached hydrogens (tertiary/aromatic N) is 1. The van der Waals surface area contributed by atoms with Gasteiger partial charge in [-0.1, -0.05) is 31.5 Å². The molecule has 0 amide bonds. The molecule has 0 aliphatic rings. The molecule has 84 valence electrons. The van der Waals surface area contributed by atoms with Crippen LogP contribution in [0.4, 0.5) is 5.69 Å². The van der Waals surface area contributed by atoms with E-state index in [1.54, 1.807) is 0 Å². The molecular weight excluding hydrogens is 202 g/mol. The van der Waals surface area contributed by atoms with Crippen molar-refractivity contribution in [3.05, 3.63) is 30.3 Å². The lowest BCUT2D eigenvalue weighted by molar-refractivity contribution is 0.282. The van der Waals surface area contributed by atoms with Crippen molar-refractivity contribution in [3.8, 4) is 0 Å². The number of hydrogen-bond donors (Lipinski definition) is 0. The Bertz CT molecular complexity index is 264. The second kappa shape index (κ2) is 6.64. The quantitative estimate of drug-likeness (QED) is 0.542. The Labute approximate surface area is 94.5 Å². The zero-order chi connectivity index (χ0) is 11.1. The summed E-state index contributed by atoms with van der Waals surface area (Å²) in [4.78, 5) is 0. The van der Waals surface area contributed by atoms with Gasteiger partial charge in [0.05, 0.1) is 5.69 Å². The Balaban J connectivity index is 2.63. The molecule has 0 aliphatic heterocycles. The van der Waals surface area contributed by atoms with Gasteiger partial charge in [-0.25, -0.2) is 0 Å². The summed E-state index contributed by atoms with van der Waals surface area (Å²) in [6, 6.07) is 10.4. The smallest absolute Gasteiger partial charge is 0.208 e. The number of benzene rings is 1. The summed E-state index contributed by atoms with van der Waals surface area (Å²) in [5, 5.41) is 2.06. The largest absolute Gasteiger partial charge is 0.324 e. The van der Waals surface area contributed by atoms with Gasteiger partial charge < -0.3 is 4.53 Å². The molecule has 0 unspecified atom stereocenters. The fourth-order valence-corrected chi connectivity index (χ4v) is 2.13. The SMILES string of the molecule is CCCCN(O[SiH](C)C)c1ccccc1. The van der Waals surface area contributed by atoms with E-state index in [2.05, 4.69) is 49.3 Å². The monoisotopic (exact) mass is 223 g/mol. The number of hydrogen-bond acceptors (Lipinski definition) is 2. The third-order valence-corrected chi connectivity index (χ3v) is 2.77. The van der Waals surface area contributed by atoms with Crippen LogP contribution in [0.5, 0.6) is 0 Å². The standard InChI is InChI=1S/C12H21NOSi/c1-4-5-11-13(14-15(2)3)12-9-7-6-8-10-12/h6-10,15H,4-5,11H2,1-3H3. The summed E-state index contributed by atoms with van der Waals surface area (Å²) in [7, 11) is -1.01. The van der Waals surface area contributed by atoms with E-state index in [1.165, 1.54) is 18.5 Å². The van der Waals surface area contributed by atoms with Crippen molar-refractivity contribution in [2.75, 3.05) is 11.6 Å². The number of unbranched alkanes of at least 4 members (excludes halogenated alkanes) is 1. The number of hydroxylamine groups is 1. The highest BCUT2D eigenvalue weighted by atomic mass is 28.3. The molecule has 0 aliphatic carbocycles. The number of rotatable bonds is 6. The normalized spacial score (nSPS) is 10.7. The van der Waals surface area contributed by atoms with Gasteiger partial charge in [0.2, 0.25) is 9.04 Å². The van der Waals surface area contributed by atoms with Crippen LogP contribution in [0.15, 0.2) is 30.3 Å². The topological polar surface area (TPSA) is 12.5 Å². The highest BCUT2D eigenvalue weighted by Crippen LogP contribution is 2.15. The minimum Gasteiger partial charge on any atom is -0.324 e. The van der Waals surface area contributed by atoms with Crippen LogP contribution in [0, 0.1) is 0 Å². The van der Waals surface area contributed by atoms with Gasteiger partial charge in [0.1, 0.15) is 0 Å². The Morgan fingerprint density at radius 1 is 1.20 bits per heavy atom. The fourth-order valence-electron chi connectivity index (χ4n) is 1.39. The van der Waals surface area contributed by atoms with Crippen molar-refractivity contribution >= 4 is 14.7 Å². The van der Waals surface area contributed by atoms with Crippen LogP contribution < -0.4 is 5.06 Å². The second-order valence-corrected chi connectivity index (χ2v) is 6.25. The molecule has 0 N–H and O–H groups in total. The zero-order valence-electron chi connectivity index (χ0n) is 9.94. The molecule has 0 heterocycles. The Kier molecular flexibility index (Phi) is 5.43. The van der Waals surface area contributed by atoms with E-state index >= 15 is 0 Å². The molecule has 15 heavy (non-hydrogen) atoms. The molecule has 2 nitrogen and oxygen atoms in total. The summed E-state index contributed by atoms with van der Waals surface area (Å²) in [6.07, 6.45) is 2.38. The zero-order valence-corrected chi connectivity index (χ0v) is 11.1. The van der Waals surface area contributed by atoms with Crippen molar-refractivity contribution in [3.63, 3.8) is 0 Å². The molecule has 0 saturated heterocycles. The Morgan fingerprint density at radius 2 is 1.87 bits per heavy atom. The first-order chi connectivity index (χ1) is 7.24. The van der Waals surface area contributed by atoms with Gasteiger partial charge >= 0.3 is 0 Å². The van der Waals surface area contributed by atoms with Crippen LogP contribution in [-0.2, 0) is 4.53 Å². The summed E-state index contributed by atoms with van der Waals surface area (Å²) in [5.41, 5.74) is 1.17. The van der Waals surface area contributed by atoms with Gasteiger partial charge in [-0.3, -0.25) is 5.06 Å². The van der Waals surface area contributed by atoms with Crippen molar-refractivity contribution < 1.29 is 4.53 Å². The maximum absolute atomic E-state index is 5.91. The highest BCUT2D eigenvalue weighted by Gasteiger charge is 2.08. The predicted molar refractivity (Wildman–Crippen MR) is 68.7 cm³/mol. The van der Waals surface area contributed by atoms with Crippen molar-refractivity contribution in [1.82, 2.24) is 0 Å². The lowest BCUT2D eigenvalue weighted by Gasteiger charge is -2.26. The summed E-state index contributed by atoms with van der Waals surface area (Å²) < 4.78 is 5.91. The van der Waals surface area contributed by atoms with E-state index in [0.717, 1.165) is 6.54 Å². The molecule has 0 spiro atoms. The average molecular weight is 223 g/mol. The van der Waals surface area contributed by atoms with Crippen molar-refractivity contribution in [2.45, 2.75) is 32.9 Å². The lowest BCUT2D eigenvalue weighted by Crippen LogP contribution is -2.30. The number of para-hydroxylation sites is 1. The van der Waals surface area contributed by atoms with Gasteiger partial charge in [0.15, 0.2) is 0 Å². The molecule has 0 aromatic heterocycles. The molecule has 0 saturated carbocycles. The van der Waals surface area contributed by atoms with E-state index in [0.29, 0.717) is 0 Å². The fraction of sp³-hybridized carbons (Fsp3) is 0.500. The maximum Gasteiger partial charge on any atom is 0.208 e. The maximum atomic E-state index is 5.91. The molecule has 0 atom stereocenters. The van der Waals surface area contributed by atoms with Crippen LogP contribution in [0.3, 0.4) is 0 Å². The molecule has 0 fully saturated rings. The van der Waals surface area contributed by atoms with Gasteiger partial charge in [0, 0.05) is 6.54 Å². The number of anilines is 1. The van der Waals surface area contributed by atoms with Crippen molar-refractivity contribution in [2.24, 2.45) is 0 Å². The van der Waals surface area contributed by atoms with Crippen LogP contribution in [0.2, 0.25) is 13.1 Å². The first-order valence-corrected chi connectivity index (χ1v) is 8.51. The lowest BCUT2D eigenvalue weighted by atomic mass is 10.3. The molecule has 0 radical (unpaired) electrons. The van der Waals surface area contributed by atoms with Gasteiger partial charge in [-0.2, -0.15) is 0 Å². The summed E-state index contributed by atoms with van der Waals surface area (Å²) in [5.74, 6) is 0. The van der Waals surface area contributed by atoms with Gasteiger partial charge in [-0.05, 0) is 31.6 Å². The Morgan fingerprint density at radius 3 is 2.40 bits per heavy atom. The van der Waals surface area contributed by atoms with Crippen LogP contribution in [0.1, 0.15) is 19.8 Å².